The fraction of sp³-hybridized carbons (Fsp3) is 0.0870. The molecule has 0 aromatic heterocycles. The number of benzene rings is 7. The predicted octanol–water partition coefficient (Wildman–Crippen LogP) is 12.8. The Morgan fingerprint density at radius 2 is 0.896 bits per heavy atom. The Bertz CT molecular complexity index is 2230. The molecule has 7 aromatic rings. The van der Waals surface area contributed by atoms with Crippen LogP contribution in [0.1, 0.15) is 35.1 Å². The topological polar surface area (TPSA) is 6.48 Å². The lowest BCUT2D eigenvalue weighted by atomic mass is 9.86. The van der Waals surface area contributed by atoms with E-state index in [4.69, 9.17) is 0 Å². The summed E-state index contributed by atoms with van der Waals surface area (Å²) in [6, 6.07) is 54.7. The van der Waals surface area contributed by atoms with Crippen LogP contribution in [-0.4, -0.2) is 0 Å². The van der Waals surface area contributed by atoms with Crippen molar-refractivity contribution >= 4 is 62.1 Å². The summed E-state index contributed by atoms with van der Waals surface area (Å²) in [5, 5.41) is 4.90. The van der Waals surface area contributed by atoms with Crippen molar-refractivity contribution in [3.05, 3.63) is 187 Å². The van der Waals surface area contributed by atoms with Gasteiger partial charge in [-0.2, -0.15) is 0 Å². The lowest BCUT2D eigenvalue weighted by molar-refractivity contribution is 0.687. The summed E-state index contributed by atoms with van der Waals surface area (Å²) in [7, 11) is 0. The molecule has 0 heterocycles. The van der Waals surface area contributed by atoms with Crippen molar-refractivity contribution in [2.45, 2.75) is 25.7 Å². The molecule has 48 heavy (non-hydrogen) atoms. The van der Waals surface area contributed by atoms with Crippen molar-refractivity contribution in [3.63, 3.8) is 0 Å². The van der Waals surface area contributed by atoms with E-state index in [2.05, 4.69) is 180 Å². The number of para-hydroxylation sites is 2. The van der Waals surface area contributed by atoms with E-state index in [-0.39, 0.29) is 0 Å². The van der Waals surface area contributed by atoms with Crippen molar-refractivity contribution in [2.24, 2.45) is 0 Å². The van der Waals surface area contributed by atoms with E-state index in [0.29, 0.717) is 0 Å². The fourth-order valence-electron chi connectivity index (χ4n) is 7.25. The molecule has 0 amide bonds. The van der Waals surface area contributed by atoms with E-state index in [9.17, 15) is 0 Å². The van der Waals surface area contributed by atoms with E-state index in [1.165, 1.54) is 68.0 Å². The third kappa shape index (κ3) is 5.56. The van der Waals surface area contributed by atoms with Gasteiger partial charge in [0, 0.05) is 44.8 Å². The Labute approximate surface area is 283 Å². The molecule has 0 aliphatic heterocycles. The van der Waals surface area contributed by atoms with Crippen LogP contribution >= 0.6 is 0 Å². The molecule has 0 bridgehead atoms. The normalized spacial score (nSPS) is 12.7. The molecule has 232 valence electrons. The van der Waals surface area contributed by atoms with Crippen LogP contribution in [-0.2, 0) is 12.8 Å². The first kappa shape index (κ1) is 29.5. The van der Waals surface area contributed by atoms with Crippen LogP contribution in [0.25, 0.3) is 33.7 Å². The van der Waals surface area contributed by atoms with Crippen LogP contribution in [0.3, 0.4) is 0 Å². The highest BCUT2D eigenvalue weighted by atomic mass is 15.2. The zero-order valence-electron chi connectivity index (χ0n) is 27.1. The Kier molecular flexibility index (Phi) is 8.06. The lowest BCUT2D eigenvalue weighted by Crippen LogP contribution is -2.14. The van der Waals surface area contributed by atoms with Gasteiger partial charge in [0.25, 0.3) is 0 Å². The van der Waals surface area contributed by atoms with Gasteiger partial charge in [-0.1, -0.05) is 122 Å². The van der Waals surface area contributed by atoms with Crippen molar-refractivity contribution < 1.29 is 0 Å². The molecular formula is C46H38N2. The molecule has 1 aliphatic rings. The summed E-state index contributed by atoms with van der Waals surface area (Å²) in [4.78, 5) is 4.72. The van der Waals surface area contributed by atoms with E-state index >= 15 is 0 Å². The van der Waals surface area contributed by atoms with E-state index in [0.717, 1.165) is 29.9 Å². The lowest BCUT2D eigenvalue weighted by Gasteiger charge is -2.32. The summed E-state index contributed by atoms with van der Waals surface area (Å²) in [5.41, 5.74) is 11.0. The Balaban J connectivity index is 1.39. The zero-order chi connectivity index (χ0) is 32.3. The maximum absolute atomic E-state index is 4.32. The SMILES string of the molecule is C=CN(c1ccccc1)c1c2ccccc2c(N(c2ccccc2)c2ccc(/C=C/c3ccccc3)cc2)c2cc3c(cc12)CCCC3. The summed E-state index contributed by atoms with van der Waals surface area (Å²) < 4.78 is 0. The molecular weight excluding hydrogens is 581 g/mol. The van der Waals surface area contributed by atoms with E-state index < -0.39 is 0 Å². The monoisotopic (exact) mass is 618 g/mol. The van der Waals surface area contributed by atoms with Gasteiger partial charge in [0.05, 0.1) is 11.4 Å². The molecule has 0 spiro atoms. The second-order valence-electron chi connectivity index (χ2n) is 12.5. The number of hydrogen-bond acceptors (Lipinski definition) is 2. The molecule has 0 saturated heterocycles. The van der Waals surface area contributed by atoms with Gasteiger partial charge in [0.2, 0.25) is 0 Å². The van der Waals surface area contributed by atoms with Gasteiger partial charge in [-0.15, -0.1) is 0 Å². The van der Waals surface area contributed by atoms with Crippen LogP contribution in [0, 0.1) is 0 Å². The van der Waals surface area contributed by atoms with Crippen molar-refractivity contribution in [1.29, 1.82) is 0 Å². The van der Waals surface area contributed by atoms with Gasteiger partial charge in [0.15, 0.2) is 0 Å². The molecule has 0 atom stereocenters. The second kappa shape index (κ2) is 13.1. The molecule has 2 heteroatoms. The molecule has 2 nitrogen and oxygen atoms in total. The van der Waals surface area contributed by atoms with E-state index in [1.54, 1.807) is 0 Å². The fourth-order valence-corrected chi connectivity index (χ4v) is 7.25. The zero-order valence-corrected chi connectivity index (χ0v) is 27.1. The third-order valence-electron chi connectivity index (χ3n) is 9.54. The standard InChI is InChI=1S/C46H38N2/c1-2-47(38-20-8-4-9-21-38)45-41-24-14-15-25-42(41)46(44-33-37-19-13-12-18-36(37)32-43(44)45)48(39-22-10-5-11-23-39)40-30-28-35(29-31-40)27-26-34-16-6-3-7-17-34/h2-11,14-17,20-33H,1,12-13,18-19H2/b27-26+. The number of anilines is 5. The highest BCUT2D eigenvalue weighted by Crippen LogP contribution is 2.50. The third-order valence-corrected chi connectivity index (χ3v) is 9.54. The molecule has 8 rings (SSSR count). The highest BCUT2D eigenvalue weighted by Gasteiger charge is 2.25. The van der Waals surface area contributed by atoms with Crippen molar-refractivity contribution in [2.75, 3.05) is 9.80 Å². The van der Waals surface area contributed by atoms with Crippen molar-refractivity contribution in [3.8, 4) is 0 Å². The van der Waals surface area contributed by atoms with Crippen LogP contribution in [0.2, 0.25) is 0 Å². The number of fused-ring (bicyclic) bond motifs is 3. The first-order valence-electron chi connectivity index (χ1n) is 16.9. The van der Waals surface area contributed by atoms with Gasteiger partial charge in [-0.3, -0.25) is 0 Å². The van der Waals surface area contributed by atoms with Gasteiger partial charge >= 0.3 is 0 Å². The van der Waals surface area contributed by atoms with Crippen LogP contribution < -0.4 is 9.80 Å². The van der Waals surface area contributed by atoms with Gasteiger partial charge in [-0.25, -0.2) is 0 Å². The average Bonchev–Trinajstić information content (AvgIpc) is 3.16. The quantitative estimate of drug-likeness (QED) is 0.0950. The minimum absolute atomic E-state index is 1.10. The molecule has 0 fully saturated rings. The molecule has 0 N–H and O–H groups in total. The van der Waals surface area contributed by atoms with Gasteiger partial charge in [-0.05, 0) is 96.5 Å². The predicted molar refractivity (Wildman–Crippen MR) is 207 cm³/mol. The summed E-state index contributed by atoms with van der Waals surface area (Å²) in [6.07, 6.45) is 11.0. The summed E-state index contributed by atoms with van der Waals surface area (Å²) in [5.74, 6) is 0. The molecule has 7 aromatic carbocycles. The molecule has 1 aliphatic carbocycles. The van der Waals surface area contributed by atoms with Gasteiger partial charge < -0.3 is 9.80 Å². The molecule has 0 saturated carbocycles. The number of hydrogen-bond donors (Lipinski definition) is 0. The Morgan fingerprint density at radius 1 is 0.438 bits per heavy atom. The highest BCUT2D eigenvalue weighted by molar-refractivity contribution is 6.23. The van der Waals surface area contributed by atoms with Crippen LogP contribution in [0.15, 0.2) is 164 Å². The number of rotatable bonds is 8. The Hall–Kier alpha value is -5.86. The second-order valence-corrected chi connectivity index (χ2v) is 12.5. The number of aryl methyl sites for hydroxylation is 2. The average molecular weight is 619 g/mol. The van der Waals surface area contributed by atoms with Crippen LogP contribution in [0.4, 0.5) is 28.4 Å². The number of nitrogens with zero attached hydrogens (tertiary/aromatic N) is 2. The molecule has 0 radical (unpaired) electrons. The molecule has 0 unspecified atom stereocenters. The van der Waals surface area contributed by atoms with Crippen molar-refractivity contribution in [1.82, 2.24) is 0 Å². The maximum atomic E-state index is 4.32. The Morgan fingerprint density at radius 3 is 1.48 bits per heavy atom. The summed E-state index contributed by atoms with van der Waals surface area (Å²) in [6.45, 7) is 4.32. The minimum atomic E-state index is 1.10. The van der Waals surface area contributed by atoms with Gasteiger partial charge in [0.1, 0.15) is 0 Å². The first-order valence-corrected chi connectivity index (χ1v) is 16.9. The van der Waals surface area contributed by atoms with E-state index in [1.807, 2.05) is 6.20 Å². The smallest absolute Gasteiger partial charge is 0.0620 e. The van der Waals surface area contributed by atoms with Crippen LogP contribution in [0.5, 0.6) is 0 Å². The minimum Gasteiger partial charge on any atom is -0.317 e. The first-order chi connectivity index (χ1) is 23.8. The largest absolute Gasteiger partial charge is 0.317 e. The summed E-state index contributed by atoms with van der Waals surface area (Å²) >= 11 is 0. The maximum Gasteiger partial charge on any atom is 0.0620 e.